The molecule has 0 fully saturated rings. The highest BCUT2D eigenvalue weighted by atomic mass is 32.1. The van der Waals surface area contributed by atoms with E-state index in [-0.39, 0.29) is 17.7 Å². The highest BCUT2D eigenvalue weighted by Crippen LogP contribution is 2.45. The van der Waals surface area contributed by atoms with Crippen molar-refractivity contribution in [3.8, 4) is 6.07 Å². The number of hydrogen-bond acceptors (Lipinski definition) is 6. The molecule has 4 rings (SSSR count). The van der Waals surface area contributed by atoms with Crippen molar-refractivity contribution in [2.45, 2.75) is 12.8 Å². The second-order valence-corrected chi connectivity index (χ2v) is 8.31. The van der Waals surface area contributed by atoms with E-state index in [1.165, 1.54) is 0 Å². The van der Waals surface area contributed by atoms with Gasteiger partial charge in [0.1, 0.15) is 17.4 Å². The van der Waals surface area contributed by atoms with Gasteiger partial charge in [0.05, 0.1) is 5.92 Å². The average molecular weight is 396 g/mol. The van der Waals surface area contributed by atoms with E-state index in [1.807, 2.05) is 41.1 Å². The van der Waals surface area contributed by atoms with E-state index < -0.39 is 0 Å². The maximum absolute atomic E-state index is 12.2. The smallest absolute Gasteiger partial charge is 0.220 e. The highest BCUT2D eigenvalue weighted by molar-refractivity contribution is 7.10. The third-order valence-corrected chi connectivity index (χ3v) is 6.43. The number of ether oxygens (including phenoxy) is 1. The Morgan fingerprint density at radius 1 is 1.33 bits per heavy atom. The van der Waals surface area contributed by atoms with Crippen LogP contribution < -0.4 is 5.73 Å². The summed E-state index contributed by atoms with van der Waals surface area (Å²) >= 11 is 3.19. The molecule has 1 unspecified atom stereocenters. The van der Waals surface area contributed by atoms with Crippen LogP contribution in [0.25, 0.3) is 6.08 Å². The number of nitrogens with zero attached hydrogens (tertiary/aromatic N) is 2. The van der Waals surface area contributed by atoms with Crippen LogP contribution in [-0.4, -0.2) is 23.9 Å². The zero-order chi connectivity index (χ0) is 19.0. The van der Waals surface area contributed by atoms with Crippen LogP contribution in [0, 0.1) is 11.3 Å². The number of amides is 1. The molecule has 5 nitrogen and oxygen atoms in total. The lowest BCUT2D eigenvalue weighted by molar-refractivity contribution is -0.128. The Kier molecular flexibility index (Phi) is 4.60. The molecular weight excluding hydrogens is 378 g/mol. The molecular formula is C20H17N3O2S2. The molecule has 0 radical (unpaired) electrons. The average Bonchev–Trinajstić information content (AvgIpc) is 3.34. The van der Waals surface area contributed by atoms with Gasteiger partial charge in [-0.3, -0.25) is 4.79 Å². The fourth-order valence-electron chi connectivity index (χ4n) is 3.42. The summed E-state index contributed by atoms with van der Waals surface area (Å²) in [5.74, 6) is 0.538. The molecule has 2 aromatic heterocycles. The van der Waals surface area contributed by atoms with E-state index in [0.29, 0.717) is 24.4 Å². The number of allylic oxidation sites excluding steroid dienone is 1. The molecule has 2 N–H and O–H groups in total. The van der Waals surface area contributed by atoms with Crippen LogP contribution >= 0.6 is 22.7 Å². The van der Waals surface area contributed by atoms with Gasteiger partial charge in [0.2, 0.25) is 11.8 Å². The number of nitrogens with two attached hydrogens (primary N) is 1. The topological polar surface area (TPSA) is 79.3 Å². The van der Waals surface area contributed by atoms with Gasteiger partial charge in [-0.2, -0.15) is 5.26 Å². The van der Waals surface area contributed by atoms with Crippen LogP contribution in [0.15, 0.2) is 63.4 Å². The molecule has 27 heavy (non-hydrogen) atoms. The molecule has 0 aliphatic carbocycles. The fourth-order valence-corrected chi connectivity index (χ4v) is 4.97. The Labute approximate surface area is 165 Å². The summed E-state index contributed by atoms with van der Waals surface area (Å²) in [5.41, 5.74) is 8.33. The van der Waals surface area contributed by atoms with E-state index in [2.05, 4.69) is 6.07 Å². The summed E-state index contributed by atoms with van der Waals surface area (Å²) in [6.07, 6.45) is 2.03. The first-order chi connectivity index (χ1) is 13.1. The quantitative estimate of drug-likeness (QED) is 0.838. The third kappa shape index (κ3) is 3.18. The van der Waals surface area contributed by atoms with Crippen molar-refractivity contribution in [2.75, 3.05) is 13.1 Å². The molecule has 0 aromatic carbocycles. The lowest BCUT2D eigenvalue weighted by atomic mass is 9.84. The zero-order valence-electron chi connectivity index (χ0n) is 14.6. The summed E-state index contributed by atoms with van der Waals surface area (Å²) < 4.78 is 5.93. The Hall–Kier alpha value is -2.82. The summed E-state index contributed by atoms with van der Waals surface area (Å²) in [7, 11) is 0. The first-order valence-corrected chi connectivity index (χ1v) is 10.2. The molecule has 2 aliphatic heterocycles. The van der Waals surface area contributed by atoms with Crippen molar-refractivity contribution in [3.63, 3.8) is 0 Å². The van der Waals surface area contributed by atoms with Crippen LogP contribution in [0.2, 0.25) is 0 Å². The van der Waals surface area contributed by atoms with Gasteiger partial charge < -0.3 is 15.4 Å². The number of hydrogen-bond donors (Lipinski definition) is 1. The number of thiophene rings is 2. The summed E-state index contributed by atoms with van der Waals surface area (Å²) in [5, 5.41) is 13.7. The van der Waals surface area contributed by atoms with Gasteiger partial charge >= 0.3 is 0 Å². The van der Waals surface area contributed by atoms with Crippen molar-refractivity contribution in [2.24, 2.45) is 5.73 Å². The zero-order valence-corrected chi connectivity index (χ0v) is 16.3. The molecule has 0 bridgehead atoms. The minimum Gasteiger partial charge on any atom is -0.440 e. The standard InChI is InChI=1S/C20H17N3O2S2/c1-12(24)23-10-13(8-14-4-2-6-26-14)19-16(11-23)18(17-5-3-7-27-17)15(9-21)20(22)25-19/h2-8,18H,10-11,22H2,1H3/b13-8+. The van der Waals surface area contributed by atoms with E-state index in [9.17, 15) is 10.1 Å². The molecule has 136 valence electrons. The normalized spacial score (nSPS) is 21.1. The molecule has 7 heteroatoms. The summed E-state index contributed by atoms with van der Waals surface area (Å²) in [6, 6.07) is 10.2. The maximum Gasteiger partial charge on any atom is 0.220 e. The SMILES string of the molecule is CC(=O)N1CC2=C(OC(N)=C(C#N)C2c2cccs2)/C(=C/c2cccs2)C1. The molecule has 2 aromatic rings. The fraction of sp³-hybridized carbons (Fsp3) is 0.200. The van der Waals surface area contributed by atoms with Crippen molar-refractivity contribution < 1.29 is 9.53 Å². The number of carbonyl (C=O) groups excluding carboxylic acids is 1. The first kappa shape index (κ1) is 17.6. The van der Waals surface area contributed by atoms with Gasteiger partial charge in [-0.1, -0.05) is 12.1 Å². The van der Waals surface area contributed by atoms with E-state index >= 15 is 0 Å². The van der Waals surface area contributed by atoms with Gasteiger partial charge in [-0.15, -0.1) is 22.7 Å². The Balaban J connectivity index is 1.89. The van der Waals surface area contributed by atoms with Crippen LogP contribution in [0.1, 0.15) is 22.6 Å². The second kappa shape index (κ2) is 7.06. The summed E-state index contributed by atoms with van der Waals surface area (Å²) in [6.45, 7) is 2.44. The van der Waals surface area contributed by atoms with Gasteiger partial charge in [0.25, 0.3) is 0 Å². The van der Waals surface area contributed by atoms with E-state index in [1.54, 1.807) is 34.5 Å². The Morgan fingerprint density at radius 3 is 2.74 bits per heavy atom. The van der Waals surface area contributed by atoms with Crippen molar-refractivity contribution >= 4 is 34.7 Å². The monoisotopic (exact) mass is 395 g/mol. The second-order valence-electron chi connectivity index (χ2n) is 6.35. The predicted octanol–water partition coefficient (Wildman–Crippen LogP) is 3.82. The van der Waals surface area contributed by atoms with Crippen LogP contribution in [0.4, 0.5) is 0 Å². The van der Waals surface area contributed by atoms with Gasteiger partial charge in [-0.05, 0) is 29.0 Å². The highest BCUT2D eigenvalue weighted by Gasteiger charge is 2.38. The summed E-state index contributed by atoms with van der Waals surface area (Å²) in [4.78, 5) is 16.0. The van der Waals surface area contributed by atoms with Crippen molar-refractivity contribution in [1.82, 2.24) is 4.90 Å². The molecule has 0 spiro atoms. The minimum atomic E-state index is -0.285. The molecule has 1 amide bonds. The van der Waals surface area contributed by atoms with Gasteiger partial charge in [0, 0.05) is 40.9 Å². The van der Waals surface area contributed by atoms with Crippen molar-refractivity contribution in [3.05, 3.63) is 73.1 Å². The Morgan fingerprint density at radius 2 is 2.11 bits per heavy atom. The van der Waals surface area contributed by atoms with Crippen LogP contribution in [0.3, 0.4) is 0 Å². The van der Waals surface area contributed by atoms with Crippen LogP contribution in [-0.2, 0) is 9.53 Å². The first-order valence-electron chi connectivity index (χ1n) is 8.42. The number of carbonyl (C=O) groups is 1. The minimum absolute atomic E-state index is 0.00964. The molecule has 0 saturated carbocycles. The van der Waals surface area contributed by atoms with Gasteiger partial charge in [-0.25, -0.2) is 0 Å². The van der Waals surface area contributed by atoms with Crippen LogP contribution in [0.5, 0.6) is 0 Å². The molecule has 4 heterocycles. The maximum atomic E-state index is 12.2. The molecule has 0 saturated heterocycles. The third-order valence-electron chi connectivity index (χ3n) is 4.67. The van der Waals surface area contributed by atoms with Crippen molar-refractivity contribution in [1.29, 1.82) is 5.26 Å². The largest absolute Gasteiger partial charge is 0.440 e. The number of rotatable bonds is 2. The van der Waals surface area contributed by atoms with E-state index in [0.717, 1.165) is 20.9 Å². The predicted molar refractivity (Wildman–Crippen MR) is 107 cm³/mol. The van der Waals surface area contributed by atoms with Gasteiger partial charge in [0.15, 0.2) is 0 Å². The molecule has 2 aliphatic rings. The lowest BCUT2D eigenvalue weighted by Gasteiger charge is -2.37. The Bertz CT molecular complexity index is 1010. The van der Waals surface area contributed by atoms with E-state index in [4.69, 9.17) is 10.5 Å². The molecule has 1 atom stereocenters. The number of nitriles is 1. The lowest BCUT2D eigenvalue weighted by Crippen LogP contribution is -2.40.